The molecule has 1 aromatic carbocycles. The van der Waals surface area contributed by atoms with Crippen molar-refractivity contribution in [2.75, 3.05) is 0 Å². The van der Waals surface area contributed by atoms with Crippen LogP contribution >= 0.6 is 0 Å². The number of unbranched alkanes of at least 4 members (excludes halogenated alkanes) is 11. The number of ketones is 1. The van der Waals surface area contributed by atoms with Crippen LogP contribution in [0.15, 0.2) is 24.3 Å². The number of benzene rings is 1. The van der Waals surface area contributed by atoms with Crippen molar-refractivity contribution >= 4 is 5.78 Å². The van der Waals surface area contributed by atoms with Crippen molar-refractivity contribution in [3.8, 4) is 0 Å². The average Bonchev–Trinajstić information content (AvgIpc) is 3.30. The first kappa shape index (κ1) is 18.2. The molecule has 1 aliphatic rings. The van der Waals surface area contributed by atoms with E-state index in [9.17, 15) is 4.79 Å². The summed E-state index contributed by atoms with van der Waals surface area (Å²) in [4.78, 5) is 12.1. The van der Waals surface area contributed by atoms with Gasteiger partial charge in [-0.3, -0.25) is 4.79 Å². The fourth-order valence-electron chi connectivity index (χ4n) is 3.59. The van der Waals surface area contributed by atoms with Crippen LogP contribution in [0.3, 0.4) is 0 Å². The number of Topliss-reactive ketones (excluding diaryl/α,β-unsaturated/α-hetero) is 1. The van der Waals surface area contributed by atoms with Crippen LogP contribution < -0.4 is 0 Å². The van der Waals surface area contributed by atoms with Crippen molar-refractivity contribution in [3.63, 3.8) is 0 Å². The van der Waals surface area contributed by atoms with E-state index in [4.69, 9.17) is 0 Å². The molecule has 0 aromatic heterocycles. The lowest BCUT2D eigenvalue weighted by atomic mass is 10.0. The van der Waals surface area contributed by atoms with Gasteiger partial charge in [0.2, 0.25) is 0 Å². The third-order valence-corrected chi connectivity index (χ3v) is 5.13. The van der Waals surface area contributed by atoms with Gasteiger partial charge in [0.25, 0.3) is 0 Å². The van der Waals surface area contributed by atoms with Gasteiger partial charge in [-0.05, 0) is 17.5 Å². The Kier molecular flexibility index (Phi) is 8.42. The standard InChI is InChI=1S/C22H34O/c1-2-3-4-5-6-7-8-9-10-11-12-13-18-21(23)22-19-16-14-15-17-20(19)22/h14-17,22H,2-13,18H2,1H3. The zero-order valence-electron chi connectivity index (χ0n) is 15.0. The average molecular weight is 315 g/mol. The van der Waals surface area contributed by atoms with E-state index in [2.05, 4.69) is 19.1 Å². The largest absolute Gasteiger partial charge is 0.299 e. The molecule has 0 aliphatic heterocycles. The van der Waals surface area contributed by atoms with E-state index in [1.54, 1.807) is 0 Å². The molecule has 0 radical (unpaired) electrons. The molecule has 2 rings (SSSR count). The van der Waals surface area contributed by atoms with Crippen LogP contribution in [0.5, 0.6) is 0 Å². The van der Waals surface area contributed by atoms with Gasteiger partial charge in [-0.25, -0.2) is 0 Å². The molecule has 1 nitrogen and oxygen atoms in total. The highest BCUT2D eigenvalue weighted by molar-refractivity contribution is 5.95. The molecule has 0 heterocycles. The monoisotopic (exact) mass is 314 g/mol. The third-order valence-electron chi connectivity index (χ3n) is 5.13. The van der Waals surface area contributed by atoms with E-state index < -0.39 is 0 Å². The topological polar surface area (TPSA) is 17.1 Å². The lowest BCUT2D eigenvalue weighted by molar-refractivity contribution is -0.118. The van der Waals surface area contributed by atoms with Crippen molar-refractivity contribution < 1.29 is 4.79 Å². The van der Waals surface area contributed by atoms with E-state index in [0.717, 1.165) is 12.8 Å². The number of fused-ring (bicyclic) bond motifs is 1. The van der Waals surface area contributed by atoms with Crippen molar-refractivity contribution in [2.24, 2.45) is 0 Å². The SMILES string of the molecule is CCCCCCCCCCCCCCC(=O)C1c2ccccc21. The molecule has 0 amide bonds. The molecule has 1 aromatic rings. The number of hydrogen-bond donors (Lipinski definition) is 0. The number of carbonyl (C=O) groups excluding carboxylic acids is 1. The second kappa shape index (κ2) is 10.6. The Labute approximate surface area is 142 Å². The fourth-order valence-corrected chi connectivity index (χ4v) is 3.59. The Morgan fingerprint density at radius 2 is 1.17 bits per heavy atom. The Morgan fingerprint density at radius 1 is 0.739 bits per heavy atom. The van der Waals surface area contributed by atoms with Gasteiger partial charge in [0, 0.05) is 6.42 Å². The number of hydrogen-bond acceptors (Lipinski definition) is 1. The number of carbonyl (C=O) groups is 1. The van der Waals surface area contributed by atoms with Gasteiger partial charge in [-0.1, -0.05) is 102 Å². The summed E-state index contributed by atoms with van der Waals surface area (Å²) >= 11 is 0. The fraction of sp³-hybridized carbons (Fsp3) is 0.682. The van der Waals surface area contributed by atoms with E-state index in [0.29, 0.717) is 5.78 Å². The molecule has 0 fully saturated rings. The molecule has 0 spiro atoms. The van der Waals surface area contributed by atoms with E-state index in [1.807, 2.05) is 12.1 Å². The Balaban J connectivity index is 1.36. The zero-order chi connectivity index (χ0) is 16.3. The highest BCUT2D eigenvalue weighted by Gasteiger charge is 2.36. The second-order valence-corrected chi connectivity index (χ2v) is 7.17. The van der Waals surface area contributed by atoms with Gasteiger partial charge in [-0.15, -0.1) is 0 Å². The Bertz CT molecular complexity index is 440. The predicted octanol–water partition coefficient (Wildman–Crippen LogP) is 6.79. The molecular weight excluding hydrogens is 280 g/mol. The van der Waals surface area contributed by atoms with Crippen molar-refractivity contribution in [2.45, 2.75) is 96.3 Å². The van der Waals surface area contributed by atoms with Gasteiger partial charge in [0.05, 0.1) is 5.92 Å². The highest BCUT2D eigenvalue weighted by Crippen LogP contribution is 2.44. The van der Waals surface area contributed by atoms with Crippen LogP contribution in [0.25, 0.3) is 0 Å². The summed E-state index contributed by atoms with van der Waals surface area (Å²) in [5.41, 5.74) is 2.55. The third kappa shape index (κ3) is 6.49. The maximum absolute atomic E-state index is 12.1. The summed E-state index contributed by atoms with van der Waals surface area (Å²) in [6.07, 6.45) is 17.0. The summed E-state index contributed by atoms with van der Waals surface area (Å²) in [6, 6.07) is 8.27. The van der Waals surface area contributed by atoms with E-state index >= 15 is 0 Å². The first-order chi connectivity index (χ1) is 11.3. The minimum Gasteiger partial charge on any atom is -0.299 e. The molecular formula is C22H34O. The molecule has 0 saturated carbocycles. The summed E-state index contributed by atoms with van der Waals surface area (Å²) in [5, 5.41) is 0. The summed E-state index contributed by atoms with van der Waals surface area (Å²) < 4.78 is 0. The Hall–Kier alpha value is -1.11. The van der Waals surface area contributed by atoms with Crippen LogP contribution in [0.4, 0.5) is 0 Å². The van der Waals surface area contributed by atoms with Crippen molar-refractivity contribution in [1.82, 2.24) is 0 Å². The lowest BCUT2D eigenvalue weighted by Crippen LogP contribution is -1.99. The van der Waals surface area contributed by atoms with Gasteiger partial charge in [-0.2, -0.15) is 0 Å². The molecule has 1 aliphatic carbocycles. The normalized spacial score (nSPS) is 13.1. The van der Waals surface area contributed by atoms with Crippen LogP contribution in [0, 0.1) is 0 Å². The van der Waals surface area contributed by atoms with Gasteiger partial charge in [0.15, 0.2) is 0 Å². The smallest absolute Gasteiger partial charge is 0.144 e. The lowest BCUT2D eigenvalue weighted by Gasteiger charge is -2.03. The van der Waals surface area contributed by atoms with Crippen molar-refractivity contribution in [1.29, 1.82) is 0 Å². The zero-order valence-corrected chi connectivity index (χ0v) is 15.0. The highest BCUT2D eigenvalue weighted by atomic mass is 16.1. The summed E-state index contributed by atoms with van der Waals surface area (Å²) in [7, 11) is 0. The number of rotatable bonds is 14. The first-order valence-corrected chi connectivity index (χ1v) is 9.96. The van der Waals surface area contributed by atoms with Crippen LogP contribution in [0.2, 0.25) is 0 Å². The molecule has 0 N–H and O–H groups in total. The van der Waals surface area contributed by atoms with Gasteiger partial charge >= 0.3 is 0 Å². The van der Waals surface area contributed by atoms with Gasteiger partial charge in [0.1, 0.15) is 5.78 Å². The second-order valence-electron chi connectivity index (χ2n) is 7.17. The molecule has 128 valence electrons. The van der Waals surface area contributed by atoms with Crippen LogP contribution in [-0.4, -0.2) is 5.78 Å². The minimum atomic E-state index is 0.165. The maximum Gasteiger partial charge on any atom is 0.144 e. The first-order valence-electron chi connectivity index (χ1n) is 9.96. The van der Waals surface area contributed by atoms with E-state index in [1.165, 1.54) is 81.8 Å². The van der Waals surface area contributed by atoms with Crippen LogP contribution in [-0.2, 0) is 4.79 Å². The predicted molar refractivity (Wildman–Crippen MR) is 99.0 cm³/mol. The van der Waals surface area contributed by atoms with Crippen LogP contribution in [0.1, 0.15) is 107 Å². The molecule has 0 atom stereocenters. The molecule has 0 unspecified atom stereocenters. The maximum atomic E-state index is 12.1. The van der Waals surface area contributed by atoms with Crippen molar-refractivity contribution in [3.05, 3.63) is 35.4 Å². The molecule has 1 heteroatoms. The summed E-state index contributed by atoms with van der Waals surface area (Å²) in [6.45, 7) is 2.27. The minimum absolute atomic E-state index is 0.165. The molecule has 0 saturated heterocycles. The molecule has 23 heavy (non-hydrogen) atoms. The molecule has 0 bridgehead atoms. The Morgan fingerprint density at radius 3 is 1.65 bits per heavy atom. The van der Waals surface area contributed by atoms with Gasteiger partial charge < -0.3 is 0 Å². The quantitative estimate of drug-likeness (QED) is 0.345. The van der Waals surface area contributed by atoms with E-state index in [-0.39, 0.29) is 5.92 Å². The summed E-state index contributed by atoms with van der Waals surface area (Å²) in [5.74, 6) is 0.607.